The fourth-order valence-corrected chi connectivity index (χ4v) is 2.59. The van der Waals surface area contributed by atoms with Crippen molar-refractivity contribution in [2.75, 3.05) is 13.1 Å². The van der Waals surface area contributed by atoms with Crippen LogP contribution in [0.4, 0.5) is 0 Å². The second kappa shape index (κ2) is 4.79. The summed E-state index contributed by atoms with van der Waals surface area (Å²) in [6, 6.07) is 0. The Bertz CT molecular complexity index is 234. The first-order chi connectivity index (χ1) is 6.88. The average Bonchev–Trinajstić information content (AvgIpc) is 2.30. The summed E-state index contributed by atoms with van der Waals surface area (Å²) in [4.78, 5) is 0. The molecule has 0 aromatic rings. The number of hydrogen-bond donors (Lipinski definition) is 1. The Kier molecular flexibility index (Phi) is 3.41. The monoisotopic (exact) mass is 191 g/mol. The van der Waals surface area contributed by atoms with Crippen molar-refractivity contribution in [1.29, 1.82) is 0 Å². The van der Waals surface area contributed by atoms with Crippen molar-refractivity contribution in [2.45, 2.75) is 32.6 Å². The second-order valence-corrected chi connectivity index (χ2v) is 4.56. The highest BCUT2D eigenvalue weighted by Gasteiger charge is 2.21. The van der Waals surface area contributed by atoms with Gasteiger partial charge in [-0.2, -0.15) is 0 Å². The molecule has 0 spiro atoms. The van der Waals surface area contributed by atoms with Crippen molar-refractivity contribution in [2.24, 2.45) is 11.8 Å². The van der Waals surface area contributed by atoms with Gasteiger partial charge in [-0.3, -0.25) is 0 Å². The molecular formula is C13H21N. The van der Waals surface area contributed by atoms with E-state index in [9.17, 15) is 0 Å². The van der Waals surface area contributed by atoms with Gasteiger partial charge in [0.15, 0.2) is 0 Å². The van der Waals surface area contributed by atoms with Crippen LogP contribution in [0.2, 0.25) is 0 Å². The number of piperidine rings is 1. The van der Waals surface area contributed by atoms with E-state index in [1.54, 1.807) is 5.57 Å². The molecule has 0 bridgehead atoms. The van der Waals surface area contributed by atoms with Gasteiger partial charge in [0.05, 0.1) is 0 Å². The van der Waals surface area contributed by atoms with Crippen LogP contribution in [0.3, 0.4) is 0 Å². The molecule has 1 saturated heterocycles. The van der Waals surface area contributed by atoms with Gasteiger partial charge in [-0.25, -0.2) is 0 Å². The largest absolute Gasteiger partial charge is 0.317 e. The molecule has 1 atom stereocenters. The van der Waals surface area contributed by atoms with Gasteiger partial charge < -0.3 is 5.32 Å². The minimum atomic E-state index is 0.772. The zero-order chi connectivity index (χ0) is 9.80. The van der Waals surface area contributed by atoms with Gasteiger partial charge in [-0.15, -0.1) is 0 Å². The Morgan fingerprint density at radius 2 is 2.07 bits per heavy atom. The molecule has 1 unspecified atom stereocenters. The van der Waals surface area contributed by atoms with Crippen molar-refractivity contribution in [1.82, 2.24) is 5.32 Å². The van der Waals surface area contributed by atoms with E-state index in [4.69, 9.17) is 0 Å². The Balaban J connectivity index is 1.95. The molecule has 0 amide bonds. The molecule has 0 saturated carbocycles. The van der Waals surface area contributed by atoms with Crippen molar-refractivity contribution in [3.63, 3.8) is 0 Å². The van der Waals surface area contributed by atoms with Crippen molar-refractivity contribution in [3.05, 3.63) is 23.8 Å². The third-order valence-corrected chi connectivity index (χ3v) is 3.64. The molecule has 1 heterocycles. The number of nitrogens with one attached hydrogen (secondary N) is 1. The summed E-state index contributed by atoms with van der Waals surface area (Å²) >= 11 is 0. The van der Waals surface area contributed by atoms with E-state index in [1.165, 1.54) is 38.8 Å². The van der Waals surface area contributed by atoms with Crippen LogP contribution in [-0.4, -0.2) is 13.1 Å². The summed E-state index contributed by atoms with van der Waals surface area (Å²) < 4.78 is 0. The normalized spacial score (nSPS) is 25.9. The Hall–Kier alpha value is -0.560. The zero-order valence-corrected chi connectivity index (χ0v) is 9.13. The molecule has 78 valence electrons. The van der Waals surface area contributed by atoms with Gasteiger partial charge >= 0.3 is 0 Å². The number of allylic oxidation sites excluding steroid dienone is 4. The zero-order valence-electron chi connectivity index (χ0n) is 9.13. The first kappa shape index (κ1) is 9.97. The maximum absolute atomic E-state index is 3.44. The van der Waals surface area contributed by atoms with Crippen LogP contribution in [-0.2, 0) is 0 Å². The summed E-state index contributed by atoms with van der Waals surface area (Å²) in [7, 11) is 0. The quantitative estimate of drug-likeness (QED) is 0.707. The topological polar surface area (TPSA) is 12.0 Å². The van der Waals surface area contributed by atoms with Crippen molar-refractivity contribution >= 4 is 0 Å². The molecule has 1 nitrogen and oxygen atoms in total. The lowest BCUT2D eigenvalue weighted by Crippen LogP contribution is -2.31. The lowest BCUT2D eigenvalue weighted by Gasteiger charge is -2.29. The highest BCUT2D eigenvalue weighted by molar-refractivity contribution is 5.25. The molecule has 0 aromatic carbocycles. The first-order valence-electron chi connectivity index (χ1n) is 5.95. The minimum absolute atomic E-state index is 0.772. The summed E-state index contributed by atoms with van der Waals surface area (Å²) in [5, 5.41) is 3.44. The van der Waals surface area contributed by atoms with E-state index in [2.05, 4.69) is 30.5 Å². The summed E-state index contributed by atoms with van der Waals surface area (Å²) in [5.41, 5.74) is 1.59. The highest BCUT2D eigenvalue weighted by atomic mass is 14.9. The maximum atomic E-state index is 3.44. The minimum Gasteiger partial charge on any atom is -0.317 e. The van der Waals surface area contributed by atoms with E-state index in [0.29, 0.717) is 0 Å². The fourth-order valence-electron chi connectivity index (χ4n) is 2.59. The standard InChI is InChI=1S/C13H21N/c1-11(12-5-3-2-4-6-12)13-7-9-14-10-8-13/h3,5-6,11,13-14H,2,4,7-10H2,1H3. The molecule has 1 fully saturated rings. The van der Waals surface area contributed by atoms with Gasteiger partial charge in [0, 0.05) is 0 Å². The van der Waals surface area contributed by atoms with E-state index < -0.39 is 0 Å². The number of rotatable bonds is 2. The predicted octanol–water partition coefficient (Wildman–Crippen LogP) is 2.90. The molecule has 1 heteroatoms. The Morgan fingerprint density at radius 3 is 2.71 bits per heavy atom. The molecular weight excluding hydrogens is 170 g/mol. The van der Waals surface area contributed by atoms with Crippen LogP contribution in [0.25, 0.3) is 0 Å². The third kappa shape index (κ3) is 2.27. The van der Waals surface area contributed by atoms with E-state index in [1.807, 2.05) is 0 Å². The molecule has 1 N–H and O–H groups in total. The van der Waals surface area contributed by atoms with Crippen molar-refractivity contribution < 1.29 is 0 Å². The maximum Gasteiger partial charge on any atom is -0.00461 e. The van der Waals surface area contributed by atoms with Crippen LogP contribution < -0.4 is 5.32 Å². The Labute approximate surface area is 87.3 Å². The van der Waals surface area contributed by atoms with Crippen LogP contribution in [0.15, 0.2) is 23.8 Å². The van der Waals surface area contributed by atoms with Gasteiger partial charge in [0.2, 0.25) is 0 Å². The smallest absolute Gasteiger partial charge is 0.00461 e. The molecule has 2 aliphatic rings. The molecule has 2 rings (SSSR count). The first-order valence-corrected chi connectivity index (χ1v) is 5.95. The predicted molar refractivity (Wildman–Crippen MR) is 61.2 cm³/mol. The number of hydrogen-bond acceptors (Lipinski definition) is 1. The van der Waals surface area contributed by atoms with Gasteiger partial charge in [-0.05, 0) is 56.2 Å². The van der Waals surface area contributed by atoms with E-state index >= 15 is 0 Å². The molecule has 0 aromatic heterocycles. The summed E-state index contributed by atoms with van der Waals surface area (Å²) in [6.45, 7) is 4.83. The lowest BCUT2D eigenvalue weighted by atomic mass is 9.80. The van der Waals surface area contributed by atoms with Crippen LogP contribution >= 0.6 is 0 Å². The van der Waals surface area contributed by atoms with Gasteiger partial charge in [0.25, 0.3) is 0 Å². The SMILES string of the molecule is CC(C1=CCCC=C1)C1CCNCC1. The van der Waals surface area contributed by atoms with Gasteiger partial charge in [-0.1, -0.05) is 25.2 Å². The van der Waals surface area contributed by atoms with Crippen LogP contribution in [0.1, 0.15) is 32.6 Å². The summed E-state index contributed by atoms with van der Waals surface area (Å²) in [5.74, 6) is 1.68. The molecule has 1 aliphatic heterocycles. The fraction of sp³-hybridized carbons (Fsp3) is 0.692. The third-order valence-electron chi connectivity index (χ3n) is 3.64. The van der Waals surface area contributed by atoms with Crippen LogP contribution in [0, 0.1) is 11.8 Å². The molecule has 1 aliphatic carbocycles. The molecule has 0 radical (unpaired) electrons. The van der Waals surface area contributed by atoms with Gasteiger partial charge in [0.1, 0.15) is 0 Å². The second-order valence-electron chi connectivity index (χ2n) is 4.56. The molecule has 14 heavy (non-hydrogen) atoms. The van der Waals surface area contributed by atoms with Crippen molar-refractivity contribution in [3.8, 4) is 0 Å². The van der Waals surface area contributed by atoms with E-state index in [-0.39, 0.29) is 0 Å². The average molecular weight is 191 g/mol. The summed E-state index contributed by atoms with van der Waals surface area (Å²) in [6.07, 6.45) is 12.3. The Morgan fingerprint density at radius 1 is 1.29 bits per heavy atom. The van der Waals surface area contributed by atoms with Crippen LogP contribution in [0.5, 0.6) is 0 Å². The highest BCUT2D eigenvalue weighted by Crippen LogP contribution is 2.30. The lowest BCUT2D eigenvalue weighted by molar-refractivity contribution is 0.306. The van der Waals surface area contributed by atoms with E-state index in [0.717, 1.165) is 11.8 Å².